The number of hydrogen-bond acceptors (Lipinski definition) is 5. The number of hydrogen-bond donors (Lipinski definition) is 2. The maximum atomic E-state index is 12.3. The van der Waals surface area contributed by atoms with Gasteiger partial charge in [0.05, 0.1) is 11.5 Å². The summed E-state index contributed by atoms with van der Waals surface area (Å²) >= 11 is 3.01. The van der Waals surface area contributed by atoms with E-state index in [1.165, 1.54) is 17.8 Å². The van der Waals surface area contributed by atoms with Crippen LogP contribution < -0.4 is 4.72 Å². The van der Waals surface area contributed by atoms with Crippen LogP contribution in [0.1, 0.15) is 30.6 Å². The number of thioether (sulfide) groups is 1. The van der Waals surface area contributed by atoms with Crippen molar-refractivity contribution in [3.8, 4) is 0 Å². The maximum Gasteiger partial charge on any atom is 0.241 e. The standard InChI is InChI=1S/C12H19NO3S3/c1-17-12-5-3-2-4-11(12)13-19(15,16)10-6-9(7-14)18-8-10/h6,8,11-14H,2-5,7H2,1H3. The molecule has 0 saturated heterocycles. The molecule has 0 spiro atoms. The Morgan fingerprint density at radius 1 is 1.47 bits per heavy atom. The maximum absolute atomic E-state index is 12.3. The average molecular weight is 321 g/mol. The first-order valence-corrected chi connectivity index (χ1v) is 9.95. The molecule has 0 radical (unpaired) electrons. The van der Waals surface area contributed by atoms with Crippen molar-refractivity contribution < 1.29 is 13.5 Å². The molecule has 1 heterocycles. The van der Waals surface area contributed by atoms with E-state index in [1.54, 1.807) is 23.2 Å². The van der Waals surface area contributed by atoms with Crippen molar-refractivity contribution in [2.45, 2.75) is 48.5 Å². The molecule has 2 rings (SSSR count). The number of aliphatic hydroxyl groups is 1. The molecule has 1 aliphatic carbocycles. The topological polar surface area (TPSA) is 66.4 Å². The third-order valence-electron chi connectivity index (χ3n) is 3.41. The van der Waals surface area contributed by atoms with E-state index in [2.05, 4.69) is 4.72 Å². The zero-order valence-corrected chi connectivity index (χ0v) is 13.3. The molecule has 2 N–H and O–H groups in total. The minimum Gasteiger partial charge on any atom is -0.391 e. The van der Waals surface area contributed by atoms with E-state index in [9.17, 15) is 8.42 Å². The van der Waals surface area contributed by atoms with Gasteiger partial charge < -0.3 is 5.11 Å². The number of sulfonamides is 1. The van der Waals surface area contributed by atoms with Crippen molar-refractivity contribution in [2.75, 3.05) is 6.26 Å². The Hall–Kier alpha value is -0.0800. The van der Waals surface area contributed by atoms with Gasteiger partial charge in [-0.25, -0.2) is 13.1 Å². The predicted molar refractivity (Wildman–Crippen MR) is 80.1 cm³/mol. The van der Waals surface area contributed by atoms with Crippen molar-refractivity contribution >= 4 is 33.1 Å². The fourth-order valence-electron chi connectivity index (χ4n) is 2.37. The molecule has 1 fully saturated rings. The largest absolute Gasteiger partial charge is 0.391 e. The molecule has 1 aromatic heterocycles. The third-order valence-corrected chi connectivity index (χ3v) is 7.12. The van der Waals surface area contributed by atoms with Crippen LogP contribution in [-0.2, 0) is 16.6 Å². The second kappa shape index (κ2) is 6.58. The second-order valence-electron chi connectivity index (χ2n) is 4.69. The van der Waals surface area contributed by atoms with Gasteiger partial charge in [0, 0.05) is 21.5 Å². The van der Waals surface area contributed by atoms with E-state index < -0.39 is 10.0 Å². The van der Waals surface area contributed by atoms with Crippen molar-refractivity contribution in [1.82, 2.24) is 4.72 Å². The SMILES string of the molecule is CSC1CCCCC1NS(=O)(=O)c1csc(CO)c1. The molecule has 1 aromatic rings. The smallest absolute Gasteiger partial charge is 0.241 e. The first kappa shape index (κ1) is 15.3. The van der Waals surface area contributed by atoms with Gasteiger partial charge in [-0.15, -0.1) is 11.3 Å². The molecule has 4 nitrogen and oxygen atoms in total. The summed E-state index contributed by atoms with van der Waals surface area (Å²) in [6.45, 7) is -0.114. The number of rotatable bonds is 5. The van der Waals surface area contributed by atoms with Gasteiger partial charge in [-0.1, -0.05) is 12.8 Å². The lowest BCUT2D eigenvalue weighted by Gasteiger charge is -2.30. The third kappa shape index (κ3) is 3.72. The van der Waals surface area contributed by atoms with Crippen LogP contribution in [0.5, 0.6) is 0 Å². The number of nitrogens with one attached hydrogen (secondary N) is 1. The Labute approximate surface area is 122 Å². The number of aliphatic hydroxyl groups excluding tert-OH is 1. The van der Waals surface area contributed by atoms with Crippen LogP contribution in [0.4, 0.5) is 0 Å². The minimum absolute atomic E-state index is 0.0197. The molecule has 1 aliphatic rings. The molecule has 2 unspecified atom stereocenters. The number of thiophene rings is 1. The lowest BCUT2D eigenvalue weighted by Crippen LogP contribution is -2.43. The molecule has 108 valence electrons. The summed E-state index contributed by atoms with van der Waals surface area (Å²) in [5, 5.41) is 11.0. The van der Waals surface area contributed by atoms with Gasteiger partial charge in [-0.05, 0) is 25.2 Å². The zero-order chi connectivity index (χ0) is 13.9. The Kier molecular flexibility index (Phi) is 5.30. The first-order valence-electron chi connectivity index (χ1n) is 6.30. The Balaban J connectivity index is 2.11. The highest BCUT2D eigenvalue weighted by Gasteiger charge is 2.29. The summed E-state index contributed by atoms with van der Waals surface area (Å²) in [6.07, 6.45) is 6.26. The van der Waals surface area contributed by atoms with Crippen LogP contribution in [0.15, 0.2) is 16.3 Å². The van der Waals surface area contributed by atoms with Gasteiger partial charge in [0.2, 0.25) is 10.0 Å². The normalized spacial score (nSPS) is 24.5. The van der Waals surface area contributed by atoms with Gasteiger partial charge in [0.25, 0.3) is 0 Å². The van der Waals surface area contributed by atoms with Gasteiger partial charge >= 0.3 is 0 Å². The molecule has 19 heavy (non-hydrogen) atoms. The van der Waals surface area contributed by atoms with Gasteiger partial charge in [-0.2, -0.15) is 11.8 Å². The van der Waals surface area contributed by atoms with E-state index in [0.717, 1.165) is 19.3 Å². The molecule has 0 bridgehead atoms. The summed E-state index contributed by atoms with van der Waals surface area (Å²) in [5.74, 6) is 0. The van der Waals surface area contributed by atoms with Gasteiger partial charge in [0.1, 0.15) is 0 Å². The van der Waals surface area contributed by atoms with Gasteiger partial charge in [-0.3, -0.25) is 0 Å². The zero-order valence-electron chi connectivity index (χ0n) is 10.8. The molecule has 1 saturated carbocycles. The second-order valence-corrected chi connectivity index (χ2v) is 8.48. The molecule has 0 amide bonds. The fourth-order valence-corrected chi connectivity index (χ4v) is 5.83. The highest BCUT2D eigenvalue weighted by Crippen LogP contribution is 2.29. The van der Waals surface area contributed by atoms with E-state index in [0.29, 0.717) is 10.1 Å². The molecule has 0 aromatic carbocycles. The Morgan fingerprint density at radius 2 is 2.21 bits per heavy atom. The summed E-state index contributed by atoms with van der Waals surface area (Å²) in [7, 11) is -3.46. The molecular formula is C12H19NO3S3. The van der Waals surface area contributed by atoms with Crippen LogP contribution in [0.3, 0.4) is 0 Å². The fraction of sp³-hybridized carbons (Fsp3) is 0.667. The van der Waals surface area contributed by atoms with Crippen LogP contribution in [0.25, 0.3) is 0 Å². The van der Waals surface area contributed by atoms with Crippen molar-refractivity contribution in [1.29, 1.82) is 0 Å². The quantitative estimate of drug-likeness (QED) is 0.872. The summed E-state index contributed by atoms with van der Waals surface area (Å²) < 4.78 is 27.4. The Morgan fingerprint density at radius 3 is 2.84 bits per heavy atom. The first-order chi connectivity index (χ1) is 9.06. The van der Waals surface area contributed by atoms with Crippen molar-refractivity contribution in [3.05, 3.63) is 16.3 Å². The molecule has 7 heteroatoms. The van der Waals surface area contributed by atoms with E-state index in [1.807, 2.05) is 6.26 Å². The Bertz CT molecular complexity index is 512. The summed E-state index contributed by atoms with van der Waals surface area (Å²) in [6, 6.07) is 1.57. The minimum atomic E-state index is -3.46. The molecule has 0 aliphatic heterocycles. The average Bonchev–Trinajstić information content (AvgIpc) is 2.88. The summed E-state index contributed by atoms with van der Waals surface area (Å²) in [4.78, 5) is 0.942. The van der Waals surface area contributed by atoms with E-state index >= 15 is 0 Å². The van der Waals surface area contributed by atoms with E-state index in [4.69, 9.17) is 5.11 Å². The van der Waals surface area contributed by atoms with Gasteiger partial charge in [0.15, 0.2) is 0 Å². The van der Waals surface area contributed by atoms with Crippen LogP contribution in [0, 0.1) is 0 Å². The lowest BCUT2D eigenvalue weighted by atomic mass is 9.96. The lowest BCUT2D eigenvalue weighted by molar-refractivity contribution is 0.285. The van der Waals surface area contributed by atoms with Crippen molar-refractivity contribution in [2.24, 2.45) is 0 Å². The monoisotopic (exact) mass is 321 g/mol. The highest BCUT2D eigenvalue weighted by atomic mass is 32.2. The highest BCUT2D eigenvalue weighted by molar-refractivity contribution is 7.99. The van der Waals surface area contributed by atoms with Crippen LogP contribution in [0.2, 0.25) is 0 Å². The van der Waals surface area contributed by atoms with Crippen LogP contribution >= 0.6 is 23.1 Å². The van der Waals surface area contributed by atoms with E-state index in [-0.39, 0.29) is 17.5 Å². The predicted octanol–water partition coefficient (Wildman–Crippen LogP) is 2.19. The molecular weight excluding hydrogens is 302 g/mol. The van der Waals surface area contributed by atoms with Crippen molar-refractivity contribution in [3.63, 3.8) is 0 Å². The van der Waals surface area contributed by atoms with Crippen LogP contribution in [-0.4, -0.2) is 31.1 Å². The molecule has 2 atom stereocenters. The summed E-state index contributed by atoms with van der Waals surface area (Å²) in [5.41, 5.74) is 0.